The molecular weight excluding hydrogens is 247 g/mol. The Hall–Kier alpha value is 0.280. The Bertz CT molecular complexity index is 355. The number of thiophene rings is 1. The van der Waals surface area contributed by atoms with Crippen molar-refractivity contribution in [3.8, 4) is 0 Å². The Labute approximate surface area is 105 Å². The van der Waals surface area contributed by atoms with Gasteiger partial charge in [-0.15, -0.1) is 22.9 Å². The van der Waals surface area contributed by atoms with E-state index >= 15 is 0 Å². The van der Waals surface area contributed by atoms with Gasteiger partial charge in [0.2, 0.25) is 0 Å². The van der Waals surface area contributed by atoms with Crippen molar-refractivity contribution < 1.29 is 0 Å². The van der Waals surface area contributed by atoms with Crippen molar-refractivity contribution in [2.24, 2.45) is 17.8 Å². The van der Waals surface area contributed by atoms with E-state index in [2.05, 4.69) is 13.0 Å². The smallest absolute Gasteiger partial charge is 0.0960 e. The number of hydrogen-bond donors (Lipinski definition) is 0. The molecule has 2 saturated carbocycles. The van der Waals surface area contributed by atoms with E-state index in [4.69, 9.17) is 23.2 Å². The lowest BCUT2D eigenvalue weighted by molar-refractivity contribution is 0.577. The summed E-state index contributed by atoms with van der Waals surface area (Å²) in [5.41, 5.74) is 1.17. The molecule has 0 radical (unpaired) electrons. The molecule has 1 aromatic heterocycles. The van der Waals surface area contributed by atoms with Crippen molar-refractivity contribution in [3.05, 3.63) is 20.8 Å². The lowest BCUT2D eigenvalue weighted by atomic mass is 10.1. The SMILES string of the molecule is Cc1cc(C(Cl)C2C3CCCC32)sc1Cl. The van der Waals surface area contributed by atoms with E-state index in [1.807, 2.05) is 0 Å². The quantitative estimate of drug-likeness (QED) is 0.654. The molecule has 0 aromatic carbocycles. The van der Waals surface area contributed by atoms with Crippen LogP contribution < -0.4 is 0 Å². The maximum Gasteiger partial charge on any atom is 0.0960 e. The van der Waals surface area contributed by atoms with E-state index in [9.17, 15) is 0 Å². The van der Waals surface area contributed by atoms with Gasteiger partial charge in [0, 0.05) is 4.88 Å². The number of halogens is 2. The molecule has 0 amide bonds. The van der Waals surface area contributed by atoms with E-state index in [0.717, 1.165) is 22.1 Å². The fraction of sp³-hybridized carbons (Fsp3) is 0.667. The minimum atomic E-state index is 0.219. The zero-order chi connectivity index (χ0) is 10.6. The molecule has 0 bridgehead atoms. The van der Waals surface area contributed by atoms with Gasteiger partial charge in [-0.2, -0.15) is 0 Å². The average molecular weight is 261 g/mol. The predicted molar refractivity (Wildman–Crippen MR) is 67.0 cm³/mol. The van der Waals surface area contributed by atoms with Crippen molar-refractivity contribution >= 4 is 34.5 Å². The minimum Gasteiger partial charge on any atom is -0.127 e. The van der Waals surface area contributed by atoms with Gasteiger partial charge in [-0.25, -0.2) is 0 Å². The van der Waals surface area contributed by atoms with Crippen LogP contribution in [0.5, 0.6) is 0 Å². The van der Waals surface area contributed by atoms with Gasteiger partial charge < -0.3 is 0 Å². The minimum absolute atomic E-state index is 0.219. The Morgan fingerprint density at radius 3 is 2.60 bits per heavy atom. The van der Waals surface area contributed by atoms with Gasteiger partial charge in [0.15, 0.2) is 0 Å². The summed E-state index contributed by atoms with van der Waals surface area (Å²) in [5.74, 6) is 2.59. The van der Waals surface area contributed by atoms with Crippen molar-refractivity contribution in [2.45, 2.75) is 31.6 Å². The third-order valence-electron chi connectivity index (χ3n) is 3.96. The highest BCUT2D eigenvalue weighted by molar-refractivity contribution is 7.16. The maximum absolute atomic E-state index is 6.54. The molecule has 3 heteroatoms. The van der Waals surface area contributed by atoms with Gasteiger partial charge in [0.05, 0.1) is 9.71 Å². The van der Waals surface area contributed by atoms with Crippen LogP contribution in [0.4, 0.5) is 0 Å². The maximum atomic E-state index is 6.54. The Morgan fingerprint density at radius 2 is 2.07 bits per heavy atom. The van der Waals surface area contributed by atoms with Gasteiger partial charge in [0.1, 0.15) is 0 Å². The number of rotatable bonds is 2. The first kappa shape index (κ1) is 10.4. The van der Waals surface area contributed by atoms with Crippen LogP contribution in [0.3, 0.4) is 0 Å². The first-order chi connectivity index (χ1) is 7.18. The monoisotopic (exact) mass is 260 g/mol. The lowest BCUT2D eigenvalue weighted by Gasteiger charge is -2.08. The summed E-state index contributed by atoms with van der Waals surface area (Å²) < 4.78 is 0.904. The van der Waals surface area contributed by atoms with Crippen LogP contribution in [0.2, 0.25) is 4.34 Å². The van der Waals surface area contributed by atoms with Crippen LogP contribution in [0.1, 0.15) is 35.1 Å². The summed E-state index contributed by atoms with van der Waals surface area (Å²) in [5, 5.41) is 0.219. The predicted octanol–water partition coefficient (Wildman–Crippen LogP) is 5.04. The molecule has 1 aromatic rings. The highest BCUT2D eigenvalue weighted by Gasteiger charge is 2.55. The number of aryl methyl sites for hydroxylation is 1. The summed E-state index contributed by atoms with van der Waals surface area (Å²) in [7, 11) is 0. The first-order valence-electron chi connectivity index (χ1n) is 5.58. The van der Waals surface area contributed by atoms with Crippen LogP contribution in [-0.2, 0) is 0 Å². The molecule has 0 saturated heterocycles. The van der Waals surface area contributed by atoms with Crippen molar-refractivity contribution in [1.29, 1.82) is 0 Å². The molecule has 0 aliphatic heterocycles. The highest BCUT2D eigenvalue weighted by atomic mass is 35.5. The molecule has 0 N–H and O–H groups in total. The Kier molecular flexibility index (Phi) is 2.54. The third-order valence-corrected chi connectivity index (χ3v) is 6.25. The van der Waals surface area contributed by atoms with Crippen LogP contribution in [-0.4, -0.2) is 0 Å². The standard InChI is InChI=1S/C12H14Cl2S/c1-6-5-9(15-12(6)14)11(13)10-7-3-2-4-8(7)10/h5,7-8,10-11H,2-4H2,1H3. The molecule has 0 nitrogen and oxygen atoms in total. The van der Waals surface area contributed by atoms with Gasteiger partial charge in [-0.05, 0) is 49.1 Å². The second kappa shape index (κ2) is 3.65. The molecule has 1 heterocycles. The Morgan fingerprint density at radius 1 is 1.40 bits per heavy atom. The molecule has 3 unspecified atom stereocenters. The van der Waals surface area contributed by atoms with Crippen LogP contribution >= 0.6 is 34.5 Å². The van der Waals surface area contributed by atoms with Crippen LogP contribution in [0.15, 0.2) is 6.07 Å². The van der Waals surface area contributed by atoms with Crippen molar-refractivity contribution in [1.82, 2.24) is 0 Å². The van der Waals surface area contributed by atoms with E-state index in [0.29, 0.717) is 0 Å². The zero-order valence-electron chi connectivity index (χ0n) is 8.67. The first-order valence-corrected chi connectivity index (χ1v) is 7.21. The molecule has 2 fully saturated rings. The highest BCUT2D eigenvalue weighted by Crippen LogP contribution is 2.64. The van der Waals surface area contributed by atoms with Gasteiger partial charge >= 0.3 is 0 Å². The second-order valence-electron chi connectivity index (χ2n) is 4.84. The van der Waals surface area contributed by atoms with Crippen LogP contribution in [0, 0.1) is 24.7 Å². The average Bonchev–Trinajstić information content (AvgIpc) is 2.59. The van der Waals surface area contributed by atoms with Gasteiger partial charge in [-0.3, -0.25) is 0 Å². The summed E-state index contributed by atoms with van der Waals surface area (Å²) >= 11 is 14.3. The summed E-state index contributed by atoms with van der Waals surface area (Å²) in [6.07, 6.45) is 4.22. The topological polar surface area (TPSA) is 0 Å². The number of hydrogen-bond acceptors (Lipinski definition) is 1. The van der Waals surface area contributed by atoms with Gasteiger partial charge in [0.25, 0.3) is 0 Å². The summed E-state index contributed by atoms with van der Waals surface area (Å²) in [4.78, 5) is 1.28. The van der Waals surface area contributed by atoms with Crippen LogP contribution in [0.25, 0.3) is 0 Å². The van der Waals surface area contributed by atoms with E-state index in [-0.39, 0.29) is 5.38 Å². The molecule has 2 aliphatic rings. The molecule has 0 spiro atoms. The fourth-order valence-corrected chi connectivity index (χ4v) is 4.94. The van der Waals surface area contributed by atoms with Crippen molar-refractivity contribution in [3.63, 3.8) is 0 Å². The zero-order valence-corrected chi connectivity index (χ0v) is 11.0. The largest absolute Gasteiger partial charge is 0.127 e. The fourth-order valence-electron chi connectivity index (χ4n) is 3.12. The molecule has 2 aliphatic carbocycles. The van der Waals surface area contributed by atoms with E-state index < -0.39 is 0 Å². The summed E-state index contributed by atoms with van der Waals surface area (Å²) in [6, 6.07) is 2.17. The van der Waals surface area contributed by atoms with Gasteiger partial charge in [-0.1, -0.05) is 18.0 Å². The molecule has 3 rings (SSSR count). The van der Waals surface area contributed by atoms with E-state index in [1.165, 1.54) is 29.7 Å². The van der Waals surface area contributed by atoms with E-state index in [1.54, 1.807) is 11.3 Å². The number of fused-ring (bicyclic) bond motifs is 1. The second-order valence-corrected chi connectivity index (χ2v) is 7.00. The molecule has 15 heavy (non-hydrogen) atoms. The lowest BCUT2D eigenvalue weighted by Crippen LogP contribution is -1.96. The molecule has 3 atom stereocenters. The molecule has 82 valence electrons. The normalized spacial score (nSPS) is 35.3. The number of alkyl halides is 1. The van der Waals surface area contributed by atoms with Crippen molar-refractivity contribution in [2.75, 3.05) is 0 Å². The Balaban J connectivity index is 1.77. The summed E-state index contributed by atoms with van der Waals surface area (Å²) in [6.45, 7) is 2.06. The molecular formula is C12H14Cl2S. The third kappa shape index (κ3) is 1.64.